The van der Waals surface area contributed by atoms with E-state index < -0.39 is 4.92 Å². The van der Waals surface area contributed by atoms with Gasteiger partial charge in [-0.1, -0.05) is 12.1 Å². The van der Waals surface area contributed by atoms with Crippen molar-refractivity contribution in [3.8, 4) is 5.75 Å². The minimum absolute atomic E-state index is 0.0811. The number of carbonyl (C=O) groups excluding carboxylic acids is 1. The number of nitrogens with zero attached hydrogens (tertiary/aromatic N) is 3. The Kier molecular flexibility index (Phi) is 6.33. The number of anilines is 2. The van der Waals surface area contributed by atoms with Gasteiger partial charge in [0.25, 0.3) is 5.69 Å². The minimum Gasteiger partial charge on any atom is -0.494 e. The summed E-state index contributed by atoms with van der Waals surface area (Å²) in [6.45, 7) is 7.82. The monoisotopic (exact) mass is 398 g/mol. The maximum Gasteiger partial charge on any atom is 0.273 e. The number of nitro benzene ring substituents is 1. The lowest BCUT2D eigenvalue weighted by atomic mass is 10.1. The number of ether oxygens (including phenoxy) is 1. The molecule has 0 atom stereocenters. The smallest absolute Gasteiger partial charge is 0.273 e. The van der Waals surface area contributed by atoms with Crippen LogP contribution in [-0.2, 0) is 4.79 Å². The Bertz CT molecular complexity index is 908. The second-order valence-corrected chi connectivity index (χ2v) is 7.17. The van der Waals surface area contributed by atoms with Crippen LogP contribution in [0.3, 0.4) is 0 Å². The quantitative estimate of drug-likeness (QED) is 0.595. The number of amides is 1. The second-order valence-electron chi connectivity index (χ2n) is 7.17. The molecule has 0 spiro atoms. The lowest BCUT2D eigenvalue weighted by Gasteiger charge is -2.36. The van der Waals surface area contributed by atoms with Crippen LogP contribution in [0.25, 0.3) is 0 Å². The highest BCUT2D eigenvalue weighted by Crippen LogP contribution is 2.29. The fourth-order valence-electron chi connectivity index (χ4n) is 3.51. The van der Waals surface area contributed by atoms with Crippen LogP contribution in [0.2, 0.25) is 0 Å². The lowest BCUT2D eigenvalue weighted by molar-refractivity contribution is -0.384. The van der Waals surface area contributed by atoms with E-state index in [9.17, 15) is 14.9 Å². The van der Waals surface area contributed by atoms with E-state index in [1.807, 2.05) is 0 Å². The van der Waals surface area contributed by atoms with Crippen LogP contribution >= 0.6 is 0 Å². The Morgan fingerprint density at radius 1 is 1.17 bits per heavy atom. The van der Waals surface area contributed by atoms with Gasteiger partial charge in [0.15, 0.2) is 0 Å². The average Bonchev–Trinajstić information content (AvgIpc) is 2.71. The highest BCUT2D eigenvalue weighted by Gasteiger charge is 2.21. The summed E-state index contributed by atoms with van der Waals surface area (Å²) in [7, 11) is 1.42. The number of nitro groups is 1. The highest BCUT2D eigenvalue weighted by atomic mass is 16.6. The van der Waals surface area contributed by atoms with Gasteiger partial charge in [-0.15, -0.1) is 0 Å². The van der Waals surface area contributed by atoms with Crippen molar-refractivity contribution in [3.63, 3.8) is 0 Å². The van der Waals surface area contributed by atoms with Gasteiger partial charge in [0, 0.05) is 37.9 Å². The maximum absolute atomic E-state index is 12.5. The molecule has 0 aromatic heterocycles. The molecule has 0 bridgehead atoms. The number of hydrogen-bond acceptors (Lipinski definition) is 6. The number of benzene rings is 2. The molecule has 1 heterocycles. The topological polar surface area (TPSA) is 87.9 Å². The van der Waals surface area contributed by atoms with E-state index in [1.54, 1.807) is 0 Å². The number of piperazine rings is 1. The molecule has 8 nitrogen and oxygen atoms in total. The van der Waals surface area contributed by atoms with Gasteiger partial charge in [0.05, 0.1) is 30.3 Å². The third-order valence-electron chi connectivity index (χ3n) is 5.33. The van der Waals surface area contributed by atoms with E-state index in [4.69, 9.17) is 4.74 Å². The van der Waals surface area contributed by atoms with Crippen molar-refractivity contribution in [2.45, 2.75) is 13.8 Å². The summed E-state index contributed by atoms with van der Waals surface area (Å²) in [6, 6.07) is 10.5. The molecular weight excluding hydrogens is 372 g/mol. The fourth-order valence-corrected chi connectivity index (χ4v) is 3.51. The Hall–Kier alpha value is -3.13. The summed E-state index contributed by atoms with van der Waals surface area (Å²) in [6.07, 6.45) is 0. The van der Waals surface area contributed by atoms with Crippen LogP contribution in [0, 0.1) is 24.0 Å². The standard InChI is InChI=1S/C21H26N4O4/c1-15-5-4-6-19(16(15)2)24-11-9-23(10-12-24)14-21(26)22-18-8-7-17(25(27)28)13-20(18)29-3/h4-8,13H,9-12,14H2,1-3H3,(H,22,26). The largest absolute Gasteiger partial charge is 0.494 e. The first-order valence-electron chi connectivity index (χ1n) is 9.55. The van der Waals surface area contributed by atoms with E-state index in [2.05, 4.69) is 47.2 Å². The average molecular weight is 398 g/mol. The molecule has 1 amide bonds. The predicted octanol–water partition coefficient (Wildman–Crippen LogP) is 2.98. The molecule has 1 fully saturated rings. The van der Waals surface area contributed by atoms with Crippen LogP contribution in [0.1, 0.15) is 11.1 Å². The number of nitrogens with one attached hydrogen (secondary N) is 1. The zero-order valence-electron chi connectivity index (χ0n) is 17.0. The van der Waals surface area contributed by atoms with Crippen molar-refractivity contribution in [1.82, 2.24) is 4.90 Å². The second kappa shape index (κ2) is 8.91. The summed E-state index contributed by atoms with van der Waals surface area (Å²) >= 11 is 0. The summed E-state index contributed by atoms with van der Waals surface area (Å²) in [5.41, 5.74) is 4.18. The predicted molar refractivity (Wildman–Crippen MR) is 113 cm³/mol. The van der Waals surface area contributed by atoms with Crippen molar-refractivity contribution in [1.29, 1.82) is 0 Å². The van der Waals surface area contributed by atoms with E-state index in [-0.39, 0.29) is 23.9 Å². The summed E-state index contributed by atoms with van der Waals surface area (Å²) in [5.74, 6) is 0.102. The number of carbonyl (C=O) groups is 1. The fraction of sp³-hybridized carbons (Fsp3) is 0.381. The SMILES string of the molecule is COc1cc([N+](=O)[O-])ccc1NC(=O)CN1CCN(c2cccc(C)c2C)CC1. The summed E-state index contributed by atoms with van der Waals surface area (Å²) in [5, 5.41) is 13.7. The van der Waals surface area contributed by atoms with Crippen LogP contribution in [0.4, 0.5) is 17.1 Å². The third kappa shape index (κ3) is 4.83. The van der Waals surface area contributed by atoms with Crippen molar-refractivity contribution in [2.75, 3.05) is 50.1 Å². The Balaban J connectivity index is 1.56. The van der Waals surface area contributed by atoms with Crippen LogP contribution in [0.15, 0.2) is 36.4 Å². The van der Waals surface area contributed by atoms with Crippen molar-refractivity contribution >= 4 is 23.0 Å². The molecule has 8 heteroatoms. The molecular formula is C21H26N4O4. The minimum atomic E-state index is -0.496. The molecule has 154 valence electrons. The zero-order chi connectivity index (χ0) is 21.0. The first kappa shape index (κ1) is 20.6. The molecule has 1 aliphatic heterocycles. The van der Waals surface area contributed by atoms with E-state index in [1.165, 1.54) is 42.1 Å². The Labute approximate surface area is 170 Å². The molecule has 1 aliphatic rings. The molecule has 3 rings (SSSR count). The van der Waals surface area contributed by atoms with Gasteiger partial charge in [-0.05, 0) is 37.1 Å². The van der Waals surface area contributed by atoms with Gasteiger partial charge in [-0.3, -0.25) is 19.8 Å². The van der Waals surface area contributed by atoms with Gasteiger partial charge in [0.1, 0.15) is 5.75 Å². The number of hydrogen-bond donors (Lipinski definition) is 1. The summed E-state index contributed by atoms with van der Waals surface area (Å²) in [4.78, 5) is 27.3. The van der Waals surface area contributed by atoms with Gasteiger partial charge >= 0.3 is 0 Å². The molecule has 1 N–H and O–H groups in total. The number of methoxy groups -OCH3 is 1. The van der Waals surface area contributed by atoms with E-state index >= 15 is 0 Å². The van der Waals surface area contributed by atoms with Gasteiger partial charge in [0.2, 0.25) is 5.91 Å². The number of aryl methyl sites for hydroxylation is 1. The van der Waals surface area contributed by atoms with E-state index in [0.29, 0.717) is 5.69 Å². The molecule has 29 heavy (non-hydrogen) atoms. The molecule has 0 unspecified atom stereocenters. The van der Waals surface area contributed by atoms with Gasteiger partial charge in [-0.2, -0.15) is 0 Å². The molecule has 0 aliphatic carbocycles. The molecule has 0 saturated carbocycles. The van der Waals surface area contributed by atoms with Gasteiger partial charge in [-0.25, -0.2) is 0 Å². The summed E-state index contributed by atoms with van der Waals surface area (Å²) < 4.78 is 5.17. The van der Waals surface area contributed by atoms with Crippen molar-refractivity contribution in [3.05, 3.63) is 57.6 Å². The number of rotatable bonds is 6. The Morgan fingerprint density at radius 3 is 2.55 bits per heavy atom. The van der Waals surface area contributed by atoms with E-state index in [0.717, 1.165) is 26.2 Å². The third-order valence-corrected chi connectivity index (χ3v) is 5.33. The first-order chi connectivity index (χ1) is 13.9. The first-order valence-corrected chi connectivity index (χ1v) is 9.55. The van der Waals surface area contributed by atoms with Gasteiger partial charge < -0.3 is 15.0 Å². The molecule has 2 aromatic carbocycles. The van der Waals surface area contributed by atoms with Crippen LogP contribution < -0.4 is 15.0 Å². The molecule has 0 radical (unpaired) electrons. The molecule has 2 aromatic rings. The zero-order valence-corrected chi connectivity index (χ0v) is 17.0. The lowest BCUT2D eigenvalue weighted by Crippen LogP contribution is -2.48. The Morgan fingerprint density at radius 2 is 1.90 bits per heavy atom. The molecule has 1 saturated heterocycles. The van der Waals surface area contributed by atoms with Crippen LogP contribution in [-0.4, -0.2) is 55.6 Å². The van der Waals surface area contributed by atoms with Crippen molar-refractivity contribution in [2.24, 2.45) is 0 Å². The van der Waals surface area contributed by atoms with Crippen molar-refractivity contribution < 1.29 is 14.5 Å². The normalized spacial score (nSPS) is 14.5. The highest BCUT2D eigenvalue weighted by molar-refractivity contribution is 5.94. The number of non-ortho nitro benzene ring substituents is 1. The maximum atomic E-state index is 12.5. The van der Waals surface area contributed by atoms with Crippen LogP contribution in [0.5, 0.6) is 5.75 Å².